The standard InChI is InChI=1S/C12H15BrO/c1-9(2)12(14)8-7-10-5-3-4-6-11(10)13/h3-6,9H,7-8H2,1-2H3. The van der Waals surface area contributed by atoms with Crippen LogP contribution in [0.15, 0.2) is 28.7 Å². The third-order valence-electron chi connectivity index (χ3n) is 2.24. The van der Waals surface area contributed by atoms with E-state index < -0.39 is 0 Å². The van der Waals surface area contributed by atoms with Crippen LogP contribution in [0.3, 0.4) is 0 Å². The topological polar surface area (TPSA) is 17.1 Å². The smallest absolute Gasteiger partial charge is 0.135 e. The summed E-state index contributed by atoms with van der Waals surface area (Å²) in [6.45, 7) is 3.89. The summed E-state index contributed by atoms with van der Waals surface area (Å²) in [5, 5.41) is 0. The highest BCUT2D eigenvalue weighted by Crippen LogP contribution is 2.18. The molecular weight excluding hydrogens is 240 g/mol. The van der Waals surface area contributed by atoms with E-state index in [2.05, 4.69) is 22.0 Å². The van der Waals surface area contributed by atoms with Crippen LogP contribution in [0.4, 0.5) is 0 Å². The van der Waals surface area contributed by atoms with Crippen molar-refractivity contribution in [1.82, 2.24) is 0 Å². The van der Waals surface area contributed by atoms with Crippen LogP contribution in [0, 0.1) is 5.92 Å². The lowest BCUT2D eigenvalue weighted by molar-refractivity contribution is -0.121. The van der Waals surface area contributed by atoms with E-state index in [4.69, 9.17) is 0 Å². The third kappa shape index (κ3) is 3.26. The molecule has 0 aliphatic rings. The third-order valence-corrected chi connectivity index (χ3v) is 3.02. The maximum absolute atomic E-state index is 11.4. The van der Waals surface area contributed by atoms with Crippen molar-refractivity contribution in [3.8, 4) is 0 Å². The number of carbonyl (C=O) groups excluding carboxylic acids is 1. The molecule has 0 heterocycles. The fourth-order valence-corrected chi connectivity index (χ4v) is 1.73. The van der Waals surface area contributed by atoms with Crippen molar-refractivity contribution in [2.75, 3.05) is 0 Å². The van der Waals surface area contributed by atoms with Gasteiger partial charge >= 0.3 is 0 Å². The van der Waals surface area contributed by atoms with Crippen molar-refractivity contribution >= 4 is 21.7 Å². The lowest BCUT2D eigenvalue weighted by Gasteiger charge is -2.05. The number of halogens is 1. The molecule has 0 fully saturated rings. The van der Waals surface area contributed by atoms with Crippen LogP contribution < -0.4 is 0 Å². The van der Waals surface area contributed by atoms with Gasteiger partial charge in [-0.3, -0.25) is 4.79 Å². The van der Waals surface area contributed by atoms with Gasteiger partial charge in [-0.2, -0.15) is 0 Å². The first-order valence-corrected chi connectivity index (χ1v) is 5.66. The molecule has 0 amide bonds. The van der Waals surface area contributed by atoms with Gasteiger partial charge in [-0.05, 0) is 18.1 Å². The van der Waals surface area contributed by atoms with Gasteiger partial charge in [-0.15, -0.1) is 0 Å². The lowest BCUT2D eigenvalue weighted by Crippen LogP contribution is -2.07. The zero-order chi connectivity index (χ0) is 10.6. The number of benzene rings is 1. The van der Waals surface area contributed by atoms with E-state index in [0.29, 0.717) is 12.2 Å². The fourth-order valence-electron chi connectivity index (χ4n) is 1.25. The first-order valence-electron chi connectivity index (χ1n) is 4.87. The molecule has 0 unspecified atom stereocenters. The summed E-state index contributed by atoms with van der Waals surface area (Å²) in [6, 6.07) is 8.05. The predicted octanol–water partition coefficient (Wildman–Crippen LogP) is 3.61. The van der Waals surface area contributed by atoms with Gasteiger partial charge in [0.25, 0.3) is 0 Å². The molecule has 0 aliphatic carbocycles. The van der Waals surface area contributed by atoms with Crippen molar-refractivity contribution in [3.05, 3.63) is 34.3 Å². The summed E-state index contributed by atoms with van der Waals surface area (Å²) >= 11 is 3.47. The van der Waals surface area contributed by atoms with E-state index in [1.165, 1.54) is 5.56 Å². The van der Waals surface area contributed by atoms with Crippen LogP contribution in [-0.4, -0.2) is 5.78 Å². The number of carbonyl (C=O) groups is 1. The summed E-state index contributed by atoms with van der Waals surface area (Å²) in [4.78, 5) is 11.4. The molecule has 2 heteroatoms. The monoisotopic (exact) mass is 254 g/mol. The molecule has 1 aromatic carbocycles. The summed E-state index contributed by atoms with van der Waals surface area (Å²) in [5.74, 6) is 0.484. The first kappa shape index (κ1) is 11.4. The van der Waals surface area contributed by atoms with Crippen molar-refractivity contribution in [3.63, 3.8) is 0 Å². The molecule has 0 aliphatic heterocycles. The van der Waals surface area contributed by atoms with Crippen molar-refractivity contribution in [2.45, 2.75) is 26.7 Å². The molecule has 1 aromatic rings. The number of Topliss-reactive ketones (excluding diaryl/α,β-unsaturated/α-hetero) is 1. The van der Waals surface area contributed by atoms with Gasteiger partial charge in [-0.1, -0.05) is 48.0 Å². The quantitative estimate of drug-likeness (QED) is 0.803. The minimum absolute atomic E-state index is 0.150. The highest BCUT2D eigenvalue weighted by molar-refractivity contribution is 9.10. The molecule has 0 spiro atoms. The Bertz CT molecular complexity index is 318. The maximum atomic E-state index is 11.4. The average Bonchev–Trinajstić information content (AvgIpc) is 2.16. The van der Waals surface area contributed by atoms with Gasteiger partial charge in [0.15, 0.2) is 0 Å². The highest BCUT2D eigenvalue weighted by Gasteiger charge is 2.07. The van der Waals surface area contributed by atoms with Crippen LogP contribution >= 0.6 is 15.9 Å². The fraction of sp³-hybridized carbons (Fsp3) is 0.417. The molecule has 1 rings (SSSR count). The zero-order valence-electron chi connectivity index (χ0n) is 8.59. The zero-order valence-corrected chi connectivity index (χ0v) is 10.2. The molecule has 0 saturated heterocycles. The summed E-state index contributed by atoms with van der Waals surface area (Å²) in [6.07, 6.45) is 1.47. The van der Waals surface area contributed by atoms with Crippen LogP contribution in [0.25, 0.3) is 0 Å². The Kier molecular flexibility index (Phi) is 4.33. The van der Waals surface area contributed by atoms with E-state index in [0.717, 1.165) is 10.9 Å². The van der Waals surface area contributed by atoms with Gasteiger partial charge in [0, 0.05) is 16.8 Å². The number of ketones is 1. The molecule has 0 N–H and O–H groups in total. The molecule has 0 bridgehead atoms. The molecule has 0 saturated carbocycles. The van der Waals surface area contributed by atoms with Crippen LogP contribution in [0.2, 0.25) is 0 Å². The molecule has 14 heavy (non-hydrogen) atoms. The van der Waals surface area contributed by atoms with Crippen LogP contribution in [0.1, 0.15) is 25.8 Å². The molecule has 0 aromatic heterocycles. The highest BCUT2D eigenvalue weighted by atomic mass is 79.9. The van der Waals surface area contributed by atoms with E-state index in [1.54, 1.807) is 0 Å². The lowest BCUT2D eigenvalue weighted by atomic mass is 10.0. The molecule has 76 valence electrons. The molecule has 0 radical (unpaired) electrons. The van der Waals surface area contributed by atoms with Gasteiger partial charge < -0.3 is 0 Å². The predicted molar refractivity (Wildman–Crippen MR) is 62.3 cm³/mol. The summed E-state index contributed by atoms with van der Waals surface area (Å²) in [7, 11) is 0. The van der Waals surface area contributed by atoms with Gasteiger partial charge in [0.1, 0.15) is 5.78 Å². The Labute approximate surface area is 93.7 Å². The Morgan fingerprint density at radius 1 is 1.36 bits per heavy atom. The van der Waals surface area contributed by atoms with Crippen LogP contribution in [0.5, 0.6) is 0 Å². The second-order valence-electron chi connectivity index (χ2n) is 3.71. The van der Waals surface area contributed by atoms with E-state index in [-0.39, 0.29) is 5.92 Å². The van der Waals surface area contributed by atoms with Gasteiger partial charge in [0.05, 0.1) is 0 Å². The molecule has 0 atom stereocenters. The average molecular weight is 255 g/mol. The summed E-state index contributed by atoms with van der Waals surface area (Å²) < 4.78 is 1.09. The van der Waals surface area contributed by atoms with Crippen molar-refractivity contribution < 1.29 is 4.79 Å². The maximum Gasteiger partial charge on any atom is 0.135 e. The second-order valence-corrected chi connectivity index (χ2v) is 4.57. The number of hydrogen-bond donors (Lipinski definition) is 0. The SMILES string of the molecule is CC(C)C(=O)CCc1ccccc1Br. The Hall–Kier alpha value is -0.630. The van der Waals surface area contributed by atoms with E-state index in [1.807, 2.05) is 32.0 Å². The number of hydrogen-bond acceptors (Lipinski definition) is 1. The molecule has 1 nitrogen and oxygen atoms in total. The van der Waals surface area contributed by atoms with E-state index >= 15 is 0 Å². The van der Waals surface area contributed by atoms with Crippen molar-refractivity contribution in [1.29, 1.82) is 0 Å². The second kappa shape index (κ2) is 5.30. The Balaban J connectivity index is 2.54. The number of rotatable bonds is 4. The minimum Gasteiger partial charge on any atom is -0.299 e. The van der Waals surface area contributed by atoms with Gasteiger partial charge in [0.2, 0.25) is 0 Å². The Morgan fingerprint density at radius 3 is 2.57 bits per heavy atom. The first-order chi connectivity index (χ1) is 6.61. The minimum atomic E-state index is 0.150. The largest absolute Gasteiger partial charge is 0.299 e. The molecular formula is C12H15BrO. The number of aryl methyl sites for hydroxylation is 1. The van der Waals surface area contributed by atoms with E-state index in [9.17, 15) is 4.79 Å². The van der Waals surface area contributed by atoms with Crippen LogP contribution in [-0.2, 0) is 11.2 Å². The Morgan fingerprint density at radius 2 is 2.00 bits per heavy atom. The van der Waals surface area contributed by atoms with Crippen molar-refractivity contribution in [2.24, 2.45) is 5.92 Å². The summed E-state index contributed by atoms with van der Waals surface area (Å²) in [5.41, 5.74) is 1.21. The normalized spacial score (nSPS) is 10.6. The van der Waals surface area contributed by atoms with Gasteiger partial charge in [-0.25, -0.2) is 0 Å².